The van der Waals surface area contributed by atoms with Gasteiger partial charge in [0.1, 0.15) is 11.5 Å². The zero-order chi connectivity index (χ0) is 21.5. The molecule has 1 aromatic rings. The van der Waals surface area contributed by atoms with E-state index in [0.29, 0.717) is 19.7 Å². The first-order valence-corrected chi connectivity index (χ1v) is 10.0. The number of hydrogen-bond acceptors (Lipinski definition) is 6. The molecule has 2 amide bonds. The highest BCUT2D eigenvalue weighted by atomic mass is 16.6. The second-order valence-corrected chi connectivity index (χ2v) is 8.12. The van der Waals surface area contributed by atoms with E-state index in [0.717, 1.165) is 16.8 Å². The number of carbonyl (C=O) groups is 3. The predicted octanol–water partition coefficient (Wildman–Crippen LogP) is 0.896. The molecule has 8 nitrogen and oxygen atoms in total. The maximum atomic E-state index is 13.3. The summed E-state index contributed by atoms with van der Waals surface area (Å²) in [6.45, 7) is 4.63. The second-order valence-electron chi connectivity index (χ2n) is 8.12. The van der Waals surface area contributed by atoms with E-state index in [-0.39, 0.29) is 5.91 Å². The average molecular weight is 414 g/mol. The van der Waals surface area contributed by atoms with Gasteiger partial charge in [-0.1, -0.05) is 18.2 Å². The fourth-order valence-corrected chi connectivity index (χ4v) is 4.67. The first kappa shape index (κ1) is 20.6. The summed E-state index contributed by atoms with van der Waals surface area (Å²) < 4.78 is 16.2. The first-order chi connectivity index (χ1) is 14.3. The van der Waals surface area contributed by atoms with Crippen LogP contribution in [0.2, 0.25) is 0 Å². The van der Waals surface area contributed by atoms with Crippen LogP contribution in [0.1, 0.15) is 11.1 Å². The molecule has 2 bridgehead atoms. The van der Waals surface area contributed by atoms with Gasteiger partial charge in [-0.25, -0.2) is 0 Å². The number of carbonyl (C=O) groups excluding carboxylic acids is 3. The Morgan fingerprint density at radius 1 is 1.27 bits per heavy atom. The molecule has 0 saturated carbocycles. The number of hydrogen-bond donors (Lipinski definition) is 1. The zero-order valence-corrected chi connectivity index (χ0v) is 17.3. The number of nitrogens with one attached hydrogen (secondary N) is 1. The monoisotopic (exact) mass is 414 g/mol. The molecular formula is C22H26N2O6. The van der Waals surface area contributed by atoms with E-state index in [4.69, 9.17) is 14.2 Å². The Kier molecular flexibility index (Phi) is 5.38. The molecule has 0 radical (unpaired) electrons. The Bertz CT molecular complexity index is 893. The van der Waals surface area contributed by atoms with Crippen LogP contribution in [-0.2, 0) is 28.6 Å². The lowest BCUT2D eigenvalue weighted by Gasteiger charge is -2.22. The van der Waals surface area contributed by atoms with Gasteiger partial charge in [0.05, 0.1) is 25.2 Å². The summed E-state index contributed by atoms with van der Waals surface area (Å²) in [5, 5.41) is 2.59. The molecule has 1 spiro atoms. The Morgan fingerprint density at radius 3 is 2.70 bits per heavy atom. The molecule has 1 N–H and O–H groups in total. The number of ether oxygens (including phenoxy) is 3. The van der Waals surface area contributed by atoms with E-state index in [1.54, 1.807) is 4.90 Å². The van der Waals surface area contributed by atoms with Crippen LogP contribution in [0.15, 0.2) is 30.4 Å². The van der Waals surface area contributed by atoms with Gasteiger partial charge in [0.15, 0.2) is 6.61 Å². The van der Waals surface area contributed by atoms with Crippen molar-refractivity contribution in [2.45, 2.75) is 25.6 Å². The molecule has 3 heterocycles. The SMILES string of the molecule is COCCNC(=O)COC(=O)[C@H]1[C@@H]2C=C[C@@]3(CN(c4cc(C)cc(C)c4)C(=O)[C@@H]13)O2. The van der Waals surface area contributed by atoms with Gasteiger partial charge in [0.2, 0.25) is 5.91 Å². The summed E-state index contributed by atoms with van der Waals surface area (Å²) in [4.78, 5) is 39.6. The molecule has 1 aromatic carbocycles. The molecule has 2 fully saturated rings. The fourth-order valence-electron chi connectivity index (χ4n) is 4.67. The van der Waals surface area contributed by atoms with E-state index < -0.39 is 42.0 Å². The van der Waals surface area contributed by atoms with Crippen molar-refractivity contribution in [3.05, 3.63) is 41.5 Å². The maximum Gasteiger partial charge on any atom is 0.313 e. The molecule has 160 valence electrons. The van der Waals surface area contributed by atoms with Gasteiger partial charge in [0.25, 0.3) is 5.91 Å². The Labute approximate surface area is 175 Å². The molecule has 4 rings (SSSR count). The van der Waals surface area contributed by atoms with Gasteiger partial charge in [-0.2, -0.15) is 0 Å². The van der Waals surface area contributed by atoms with Crippen LogP contribution in [0.4, 0.5) is 5.69 Å². The lowest BCUT2D eigenvalue weighted by molar-refractivity contribution is -0.155. The quantitative estimate of drug-likeness (QED) is 0.405. The minimum atomic E-state index is -0.830. The number of anilines is 1. The van der Waals surface area contributed by atoms with Crippen molar-refractivity contribution in [1.82, 2.24) is 5.32 Å². The zero-order valence-electron chi connectivity index (χ0n) is 17.3. The molecule has 0 unspecified atom stereocenters. The number of aryl methyl sites for hydroxylation is 2. The topological polar surface area (TPSA) is 94.2 Å². The molecule has 4 atom stereocenters. The van der Waals surface area contributed by atoms with Crippen LogP contribution in [0.25, 0.3) is 0 Å². The van der Waals surface area contributed by atoms with Crippen LogP contribution in [0.3, 0.4) is 0 Å². The number of methoxy groups -OCH3 is 1. The summed E-state index contributed by atoms with van der Waals surface area (Å²) in [5.41, 5.74) is 2.09. The van der Waals surface area contributed by atoms with E-state index in [2.05, 4.69) is 5.32 Å². The van der Waals surface area contributed by atoms with Crippen LogP contribution < -0.4 is 10.2 Å². The Balaban J connectivity index is 1.48. The average Bonchev–Trinajstić information content (AvgIpc) is 3.34. The van der Waals surface area contributed by atoms with Gasteiger partial charge >= 0.3 is 5.97 Å². The van der Waals surface area contributed by atoms with E-state index in [9.17, 15) is 14.4 Å². The third-order valence-electron chi connectivity index (χ3n) is 5.86. The summed E-state index contributed by atoms with van der Waals surface area (Å²) in [7, 11) is 1.53. The van der Waals surface area contributed by atoms with Crippen molar-refractivity contribution in [1.29, 1.82) is 0 Å². The highest BCUT2D eigenvalue weighted by Gasteiger charge is 2.67. The van der Waals surface area contributed by atoms with Crippen molar-refractivity contribution in [3.8, 4) is 0 Å². The van der Waals surface area contributed by atoms with Gasteiger partial charge in [-0.15, -0.1) is 0 Å². The molecule has 0 aromatic heterocycles. The van der Waals surface area contributed by atoms with Crippen molar-refractivity contribution < 1.29 is 28.6 Å². The molecule has 8 heteroatoms. The summed E-state index contributed by atoms with van der Waals surface area (Å²) in [6, 6.07) is 5.95. The smallest absolute Gasteiger partial charge is 0.313 e. The molecule has 0 aliphatic carbocycles. The fraction of sp³-hybridized carbons (Fsp3) is 0.500. The van der Waals surface area contributed by atoms with Crippen LogP contribution in [-0.4, -0.2) is 62.9 Å². The molecule has 3 aliphatic heterocycles. The third kappa shape index (κ3) is 3.50. The largest absolute Gasteiger partial charge is 0.455 e. The third-order valence-corrected chi connectivity index (χ3v) is 5.86. The molecule has 2 saturated heterocycles. The predicted molar refractivity (Wildman–Crippen MR) is 108 cm³/mol. The Morgan fingerprint density at radius 2 is 2.00 bits per heavy atom. The maximum absolute atomic E-state index is 13.3. The number of esters is 1. The van der Waals surface area contributed by atoms with Crippen molar-refractivity contribution in [3.63, 3.8) is 0 Å². The van der Waals surface area contributed by atoms with Crippen LogP contribution >= 0.6 is 0 Å². The van der Waals surface area contributed by atoms with Gasteiger partial charge < -0.3 is 24.4 Å². The van der Waals surface area contributed by atoms with E-state index >= 15 is 0 Å². The molecule has 30 heavy (non-hydrogen) atoms. The van der Waals surface area contributed by atoms with E-state index in [1.165, 1.54) is 7.11 Å². The number of amides is 2. The highest BCUT2D eigenvalue weighted by molar-refractivity contribution is 6.02. The lowest BCUT2D eigenvalue weighted by Crippen LogP contribution is -2.41. The molecule has 3 aliphatic rings. The number of benzene rings is 1. The van der Waals surface area contributed by atoms with Crippen molar-refractivity contribution in [2.75, 3.05) is 38.3 Å². The summed E-state index contributed by atoms with van der Waals surface area (Å²) in [6.07, 6.45) is 3.20. The first-order valence-electron chi connectivity index (χ1n) is 10.0. The molecular weight excluding hydrogens is 388 g/mol. The van der Waals surface area contributed by atoms with Crippen molar-refractivity contribution >= 4 is 23.5 Å². The minimum Gasteiger partial charge on any atom is -0.455 e. The van der Waals surface area contributed by atoms with Gasteiger partial charge in [-0.05, 0) is 37.1 Å². The van der Waals surface area contributed by atoms with Gasteiger partial charge in [0, 0.05) is 19.3 Å². The second kappa shape index (κ2) is 7.85. The number of fused-ring (bicyclic) bond motifs is 1. The summed E-state index contributed by atoms with van der Waals surface area (Å²) >= 11 is 0. The minimum absolute atomic E-state index is 0.154. The number of nitrogens with zero attached hydrogens (tertiary/aromatic N) is 1. The Hall–Kier alpha value is -2.71. The summed E-state index contributed by atoms with van der Waals surface area (Å²) in [5.74, 6) is -2.57. The number of rotatable bonds is 7. The normalized spacial score (nSPS) is 28.7. The van der Waals surface area contributed by atoms with Crippen molar-refractivity contribution in [2.24, 2.45) is 11.8 Å². The van der Waals surface area contributed by atoms with Crippen LogP contribution in [0, 0.1) is 25.7 Å². The van der Waals surface area contributed by atoms with Crippen LogP contribution in [0.5, 0.6) is 0 Å². The van der Waals surface area contributed by atoms with Gasteiger partial charge in [-0.3, -0.25) is 14.4 Å². The highest BCUT2D eigenvalue weighted by Crippen LogP contribution is 2.53. The lowest BCUT2D eigenvalue weighted by atomic mass is 9.77. The standard InChI is InChI=1S/C22H26N2O6/c1-13-8-14(2)10-15(9-13)24-12-22-5-4-16(30-22)18(19(22)20(24)26)21(27)29-11-17(25)23-6-7-28-3/h4-5,8-10,16,18-19H,6-7,11-12H2,1-3H3,(H,23,25)/t16-,18-,19+,22-/m0/s1. The van der Waals surface area contributed by atoms with E-state index in [1.807, 2.05) is 44.2 Å².